The number of carbonyl (C=O) groups excluding carboxylic acids is 1. The molecule has 21 heavy (non-hydrogen) atoms. The molecule has 0 fully saturated rings. The molecule has 0 aliphatic rings. The van der Waals surface area contributed by atoms with Gasteiger partial charge in [-0.3, -0.25) is 0 Å². The normalized spacial score (nSPS) is 9.29. The highest BCUT2D eigenvalue weighted by Gasteiger charge is 2.15. The highest BCUT2D eigenvalue weighted by atomic mass is 16.5. The average molecular weight is 293 g/mol. The Morgan fingerprint density at radius 1 is 1.33 bits per heavy atom. The highest BCUT2D eigenvalue weighted by Crippen LogP contribution is 2.15. The Morgan fingerprint density at radius 2 is 1.90 bits per heavy atom. The minimum Gasteiger partial charge on any atom is -0.478 e. The van der Waals surface area contributed by atoms with Crippen molar-refractivity contribution in [2.24, 2.45) is 0 Å². The fourth-order valence-corrected chi connectivity index (χ4v) is 1.48. The van der Waals surface area contributed by atoms with Gasteiger partial charge in [-0.15, -0.1) is 6.58 Å². The monoisotopic (exact) mass is 293 g/mol. The van der Waals surface area contributed by atoms with Crippen LogP contribution in [0.2, 0.25) is 0 Å². The first-order valence-corrected chi connectivity index (χ1v) is 6.68. The number of hydrogen-bond donors (Lipinski definition) is 1. The van der Waals surface area contributed by atoms with Crippen LogP contribution in [-0.2, 0) is 9.84 Å². The van der Waals surface area contributed by atoms with Crippen LogP contribution >= 0.6 is 0 Å². The fourth-order valence-electron chi connectivity index (χ4n) is 1.48. The molecule has 0 spiro atoms. The summed E-state index contributed by atoms with van der Waals surface area (Å²) in [6, 6.07) is 4.60. The minimum atomic E-state index is -1.04. The molecule has 0 amide bonds. The number of rotatable bonds is 6. The van der Waals surface area contributed by atoms with Crippen molar-refractivity contribution < 1.29 is 24.5 Å². The molecule has 1 rings (SSSR count). The van der Waals surface area contributed by atoms with E-state index in [0.29, 0.717) is 17.7 Å². The second-order valence-corrected chi connectivity index (χ2v) is 4.23. The number of benzene rings is 1. The second-order valence-electron chi connectivity index (χ2n) is 4.23. The molecule has 115 valence electrons. The first-order chi connectivity index (χ1) is 9.99. The molecule has 0 aliphatic carbocycles. The van der Waals surface area contributed by atoms with E-state index in [1.807, 2.05) is 6.92 Å². The maximum atomic E-state index is 11.7. The second kappa shape index (κ2) is 10.6. The summed E-state index contributed by atoms with van der Waals surface area (Å²) >= 11 is 0. The Hall–Kier alpha value is -2.14. The van der Waals surface area contributed by atoms with Crippen molar-refractivity contribution in [2.75, 3.05) is 13.2 Å². The SMILES string of the molecule is C=CC[O].CCCCOC(=O)c1cccc(C(=O)O)c1C. The van der Waals surface area contributed by atoms with Gasteiger partial charge in [-0.1, -0.05) is 25.5 Å². The maximum Gasteiger partial charge on any atom is 0.338 e. The molecule has 1 N–H and O–H groups in total. The molecule has 0 saturated heterocycles. The van der Waals surface area contributed by atoms with Gasteiger partial charge in [0.05, 0.1) is 17.7 Å². The number of unbranched alkanes of at least 4 members (excludes halogenated alkanes) is 1. The van der Waals surface area contributed by atoms with E-state index in [0.717, 1.165) is 12.8 Å². The van der Waals surface area contributed by atoms with Crippen molar-refractivity contribution in [1.29, 1.82) is 0 Å². The first kappa shape index (κ1) is 18.9. The number of carboxylic acid groups (broad SMARTS) is 1. The molecule has 1 aromatic rings. The number of aromatic carboxylic acids is 1. The van der Waals surface area contributed by atoms with Crippen molar-refractivity contribution in [1.82, 2.24) is 0 Å². The van der Waals surface area contributed by atoms with Crippen molar-refractivity contribution in [3.63, 3.8) is 0 Å². The van der Waals surface area contributed by atoms with Crippen molar-refractivity contribution in [2.45, 2.75) is 26.7 Å². The van der Waals surface area contributed by atoms with E-state index in [9.17, 15) is 14.7 Å². The molecule has 0 saturated carbocycles. The largest absolute Gasteiger partial charge is 0.478 e. The van der Waals surface area contributed by atoms with E-state index in [1.165, 1.54) is 12.1 Å². The topological polar surface area (TPSA) is 83.5 Å². The van der Waals surface area contributed by atoms with Gasteiger partial charge in [-0.2, -0.15) is 0 Å². The zero-order chi connectivity index (χ0) is 16.3. The summed E-state index contributed by atoms with van der Waals surface area (Å²) < 4.78 is 5.05. The summed E-state index contributed by atoms with van der Waals surface area (Å²) in [4.78, 5) is 22.6. The van der Waals surface area contributed by atoms with Crippen LogP contribution in [0.25, 0.3) is 0 Å². The van der Waals surface area contributed by atoms with Gasteiger partial charge in [0.2, 0.25) is 0 Å². The van der Waals surface area contributed by atoms with Gasteiger partial charge >= 0.3 is 11.9 Å². The fraction of sp³-hybridized carbons (Fsp3) is 0.375. The van der Waals surface area contributed by atoms with Crippen molar-refractivity contribution >= 4 is 11.9 Å². The van der Waals surface area contributed by atoms with Crippen LogP contribution in [0, 0.1) is 6.92 Å². The summed E-state index contributed by atoms with van der Waals surface area (Å²) in [5, 5.41) is 18.1. The molecular formula is C16H21O5. The Kier molecular flexibility index (Phi) is 9.54. The van der Waals surface area contributed by atoms with Gasteiger partial charge < -0.3 is 9.84 Å². The third kappa shape index (κ3) is 6.72. The molecular weight excluding hydrogens is 272 g/mol. The Morgan fingerprint density at radius 3 is 2.38 bits per heavy atom. The molecule has 1 radical (unpaired) electrons. The van der Waals surface area contributed by atoms with Gasteiger partial charge in [-0.05, 0) is 31.0 Å². The zero-order valence-electron chi connectivity index (χ0n) is 12.4. The third-order valence-electron chi connectivity index (χ3n) is 2.63. The van der Waals surface area contributed by atoms with Crippen molar-refractivity contribution in [3.8, 4) is 0 Å². The van der Waals surface area contributed by atoms with Crippen LogP contribution in [0.4, 0.5) is 0 Å². The quantitative estimate of drug-likeness (QED) is 0.495. The molecule has 0 bridgehead atoms. The lowest BCUT2D eigenvalue weighted by molar-refractivity contribution is 0.0499. The lowest BCUT2D eigenvalue weighted by atomic mass is 10.0. The van der Waals surface area contributed by atoms with E-state index in [2.05, 4.69) is 6.58 Å². The minimum absolute atomic E-state index is 0.134. The molecule has 0 aromatic heterocycles. The maximum absolute atomic E-state index is 11.7. The molecule has 1 aromatic carbocycles. The summed E-state index contributed by atoms with van der Waals surface area (Å²) in [6.07, 6.45) is 3.07. The predicted octanol–water partition coefficient (Wildman–Crippen LogP) is 3.25. The van der Waals surface area contributed by atoms with Gasteiger partial charge in [-0.25, -0.2) is 14.7 Å². The van der Waals surface area contributed by atoms with E-state index >= 15 is 0 Å². The summed E-state index contributed by atoms with van der Waals surface area (Å²) in [5.41, 5.74) is 0.900. The average Bonchev–Trinajstić information content (AvgIpc) is 2.47. The number of hydrogen-bond acceptors (Lipinski definition) is 3. The van der Waals surface area contributed by atoms with Crippen LogP contribution in [0.5, 0.6) is 0 Å². The van der Waals surface area contributed by atoms with Crippen molar-refractivity contribution in [3.05, 3.63) is 47.5 Å². The molecule has 0 atom stereocenters. The highest BCUT2D eigenvalue weighted by molar-refractivity contribution is 5.97. The molecule has 0 unspecified atom stereocenters. The molecule has 0 heterocycles. The Balaban J connectivity index is 0.000000885. The van der Waals surface area contributed by atoms with Crippen LogP contribution in [0.3, 0.4) is 0 Å². The Bertz CT molecular complexity index is 480. The van der Waals surface area contributed by atoms with Crippen LogP contribution in [-0.4, -0.2) is 30.3 Å². The standard InChI is InChI=1S/C13H16O4.C3H5O/c1-3-4-8-17-13(16)11-7-5-6-10(9(11)2)12(14)15;1-2-3-4/h5-7H,3-4,8H2,1-2H3,(H,14,15);2H,1,3H2. The number of carbonyl (C=O) groups is 2. The summed E-state index contributed by atoms with van der Waals surface area (Å²) in [5.74, 6) is -1.50. The van der Waals surface area contributed by atoms with E-state index in [1.54, 1.807) is 19.1 Å². The third-order valence-corrected chi connectivity index (χ3v) is 2.63. The van der Waals surface area contributed by atoms with Crippen LogP contribution in [0.1, 0.15) is 46.0 Å². The lowest BCUT2D eigenvalue weighted by Crippen LogP contribution is -2.11. The Labute approximate surface area is 124 Å². The molecule has 5 heteroatoms. The molecule has 0 aliphatic heterocycles. The van der Waals surface area contributed by atoms with E-state index in [-0.39, 0.29) is 12.2 Å². The van der Waals surface area contributed by atoms with Gasteiger partial charge in [0.15, 0.2) is 0 Å². The molecule has 5 nitrogen and oxygen atoms in total. The number of esters is 1. The van der Waals surface area contributed by atoms with Gasteiger partial charge in [0, 0.05) is 0 Å². The van der Waals surface area contributed by atoms with E-state index in [4.69, 9.17) is 9.84 Å². The van der Waals surface area contributed by atoms with Gasteiger partial charge in [0.1, 0.15) is 6.61 Å². The van der Waals surface area contributed by atoms with Gasteiger partial charge in [0.25, 0.3) is 0 Å². The summed E-state index contributed by atoms with van der Waals surface area (Å²) in [6.45, 7) is 6.98. The predicted molar refractivity (Wildman–Crippen MR) is 79.1 cm³/mol. The first-order valence-electron chi connectivity index (χ1n) is 6.68. The number of ether oxygens (including phenoxy) is 1. The van der Waals surface area contributed by atoms with Crippen LogP contribution < -0.4 is 0 Å². The smallest absolute Gasteiger partial charge is 0.338 e. The summed E-state index contributed by atoms with van der Waals surface area (Å²) in [7, 11) is 0. The van der Waals surface area contributed by atoms with E-state index < -0.39 is 11.9 Å². The number of carboxylic acids is 1. The zero-order valence-corrected chi connectivity index (χ0v) is 12.4. The lowest BCUT2D eigenvalue weighted by Gasteiger charge is -2.08. The van der Waals surface area contributed by atoms with Crippen LogP contribution in [0.15, 0.2) is 30.9 Å².